The molecule has 0 bridgehead atoms. The molecule has 0 atom stereocenters. The Morgan fingerprint density at radius 2 is 1.46 bits per heavy atom. The van der Waals surface area contributed by atoms with E-state index in [0.717, 1.165) is 29.0 Å². The summed E-state index contributed by atoms with van der Waals surface area (Å²) in [4.78, 5) is 13.1. The van der Waals surface area contributed by atoms with Crippen molar-refractivity contribution < 1.29 is 0 Å². The van der Waals surface area contributed by atoms with E-state index in [1.54, 1.807) is 0 Å². The van der Waals surface area contributed by atoms with Gasteiger partial charge in [0.2, 0.25) is 0 Å². The molecule has 0 saturated heterocycles. The summed E-state index contributed by atoms with van der Waals surface area (Å²) in [6, 6.07) is 12.5. The van der Waals surface area contributed by atoms with Gasteiger partial charge in [-0.1, -0.05) is 0 Å². The number of hydrogen-bond donors (Lipinski definition) is 0. The molecule has 4 nitrogen and oxygen atoms in total. The number of rotatable bonds is 3. The second kappa shape index (κ2) is 5.89. The van der Waals surface area contributed by atoms with E-state index in [1.807, 2.05) is 49.1 Å². The smallest absolute Gasteiger partial charge is 0.141 e. The Kier molecular flexibility index (Phi) is 3.58. The molecule has 0 spiro atoms. The van der Waals surface area contributed by atoms with Crippen LogP contribution in [0.25, 0.3) is 22.4 Å². The first-order valence-corrected chi connectivity index (χ1v) is 7.99. The fourth-order valence-electron chi connectivity index (χ4n) is 2.93. The number of nitrogens with zero attached hydrogens (tertiary/aromatic N) is 4. The molecule has 0 unspecified atom stereocenters. The molecule has 4 aromatic rings. The number of pyridine rings is 2. The van der Waals surface area contributed by atoms with Crippen molar-refractivity contribution >= 4 is 11.0 Å². The van der Waals surface area contributed by atoms with E-state index in [9.17, 15) is 0 Å². The average molecular weight is 314 g/mol. The van der Waals surface area contributed by atoms with Crippen LogP contribution in [0.4, 0.5) is 0 Å². The minimum absolute atomic E-state index is 0.763. The lowest BCUT2D eigenvalue weighted by atomic mass is 10.1. The number of aromatic nitrogens is 4. The van der Waals surface area contributed by atoms with E-state index < -0.39 is 0 Å². The third-order valence-corrected chi connectivity index (χ3v) is 4.39. The van der Waals surface area contributed by atoms with Gasteiger partial charge in [0.15, 0.2) is 0 Å². The normalized spacial score (nSPS) is 11.1. The molecule has 0 radical (unpaired) electrons. The molecular weight excluding hydrogens is 296 g/mol. The van der Waals surface area contributed by atoms with Gasteiger partial charge in [0, 0.05) is 36.9 Å². The van der Waals surface area contributed by atoms with Gasteiger partial charge in [-0.2, -0.15) is 0 Å². The quantitative estimate of drug-likeness (QED) is 0.570. The first-order chi connectivity index (χ1) is 11.7. The maximum Gasteiger partial charge on any atom is 0.141 e. The fourth-order valence-corrected chi connectivity index (χ4v) is 2.93. The summed E-state index contributed by atoms with van der Waals surface area (Å²) in [7, 11) is 0. The van der Waals surface area contributed by atoms with Crippen LogP contribution in [0.2, 0.25) is 0 Å². The third-order valence-electron chi connectivity index (χ3n) is 4.39. The zero-order chi connectivity index (χ0) is 16.5. The van der Waals surface area contributed by atoms with Crippen molar-refractivity contribution in [3.63, 3.8) is 0 Å². The van der Waals surface area contributed by atoms with Gasteiger partial charge in [-0.25, -0.2) is 4.98 Å². The second-order valence-corrected chi connectivity index (χ2v) is 6.04. The molecule has 3 heterocycles. The molecule has 0 amide bonds. The standard InChI is InChI=1S/C20H18N4/c1-14-11-18-19(12-15(14)2)24(13-16-3-7-21-8-4-16)20(23-18)17-5-9-22-10-6-17/h3-12H,13H2,1-2H3. The highest BCUT2D eigenvalue weighted by atomic mass is 15.1. The molecule has 4 rings (SSSR count). The van der Waals surface area contributed by atoms with E-state index in [-0.39, 0.29) is 0 Å². The van der Waals surface area contributed by atoms with E-state index >= 15 is 0 Å². The largest absolute Gasteiger partial charge is 0.319 e. The first kappa shape index (κ1) is 14.6. The lowest BCUT2D eigenvalue weighted by Gasteiger charge is -2.10. The third kappa shape index (κ3) is 2.56. The molecule has 3 aromatic heterocycles. The summed E-state index contributed by atoms with van der Waals surface area (Å²) in [5.41, 5.74) is 7.00. The molecule has 0 N–H and O–H groups in total. The topological polar surface area (TPSA) is 43.6 Å². The van der Waals surface area contributed by atoms with Crippen LogP contribution in [-0.2, 0) is 6.54 Å². The van der Waals surface area contributed by atoms with E-state index in [2.05, 4.69) is 40.5 Å². The molecule has 0 aliphatic heterocycles. The van der Waals surface area contributed by atoms with Crippen LogP contribution in [0.1, 0.15) is 16.7 Å². The van der Waals surface area contributed by atoms with Crippen LogP contribution in [0, 0.1) is 13.8 Å². The Balaban J connectivity index is 1.95. The highest BCUT2D eigenvalue weighted by Gasteiger charge is 2.14. The maximum atomic E-state index is 4.90. The summed E-state index contributed by atoms with van der Waals surface area (Å²) < 4.78 is 2.27. The Morgan fingerprint density at radius 3 is 2.17 bits per heavy atom. The summed E-state index contributed by atoms with van der Waals surface area (Å²) in [5.74, 6) is 0.967. The first-order valence-electron chi connectivity index (χ1n) is 7.99. The number of aryl methyl sites for hydroxylation is 2. The summed E-state index contributed by atoms with van der Waals surface area (Å²) in [6.45, 7) is 5.03. The summed E-state index contributed by atoms with van der Waals surface area (Å²) >= 11 is 0. The molecule has 118 valence electrons. The van der Waals surface area contributed by atoms with Crippen LogP contribution in [0.15, 0.2) is 61.2 Å². The van der Waals surface area contributed by atoms with Gasteiger partial charge in [0.25, 0.3) is 0 Å². The van der Waals surface area contributed by atoms with Crippen LogP contribution in [0.3, 0.4) is 0 Å². The van der Waals surface area contributed by atoms with Crippen LogP contribution in [0.5, 0.6) is 0 Å². The van der Waals surface area contributed by atoms with Crippen molar-refractivity contribution in [2.24, 2.45) is 0 Å². The lowest BCUT2D eigenvalue weighted by Crippen LogP contribution is -2.02. The van der Waals surface area contributed by atoms with E-state index in [0.29, 0.717) is 0 Å². The Labute approximate surface area is 140 Å². The van der Waals surface area contributed by atoms with Crippen LogP contribution >= 0.6 is 0 Å². The number of fused-ring (bicyclic) bond motifs is 1. The van der Waals surface area contributed by atoms with Gasteiger partial charge < -0.3 is 4.57 Å². The van der Waals surface area contributed by atoms with Gasteiger partial charge in [-0.15, -0.1) is 0 Å². The highest BCUT2D eigenvalue weighted by molar-refractivity contribution is 5.82. The lowest BCUT2D eigenvalue weighted by molar-refractivity contribution is 0.831. The van der Waals surface area contributed by atoms with Gasteiger partial charge >= 0.3 is 0 Å². The minimum atomic E-state index is 0.763. The molecule has 0 fully saturated rings. The minimum Gasteiger partial charge on any atom is -0.319 e. The van der Waals surface area contributed by atoms with Crippen molar-refractivity contribution in [2.75, 3.05) is 0 Å². The molecule has 1 aromatic carbocycles. The molecule has 0 aliphatic rings. The predicted octanol–water partition coefficient (Wildman–Crippen LogP) is 4.16. The summed E-state index contributed by atoms with van der Waals surface area (Å²) in [5, 5.41) is 0. The number of hydrogen-bond acceptors (Lipinski definition) is 3. The van der Waals surface area contributed by atoms with Gasteiger partial charge in [0.05, 0.1) is 11.0 Å². The van der Waals surface area contributed by atoms with Gasteiger partial charge in [-0.05, 0) is 66.9 Å². The van der Waals surface area contributed by atoms with Crippen LogP contribution < -0.4 is 0 Å². The van der Waals surface area contributed by atoms with Crippen molar-refractivity contribution in [1.82, 2.24) is 19.5 Å². The van der Waals surface area contributed by atoms with Crippen LogP contribution in [-0.4, -0.2) is 19.5 Å². The molecule has 24 heavy (non-hydrogen) atoms. The SMILES string of the molecule is Cc1cc2nc(-c3ccncc3)n(Cc3ccncc3)c2cc1C. The van der Waals surface area contributed by atoms with Gasteiger partial charge in [-0.3, -0.25) is 9.97 Å². The van der Waals surface area contributed by atoms with Crippen molar-refractivity contribution in [3.05, 3.63) is 77.9 Å². The zero-order valence-corrected chi connectivity index (χ0v) is 13.8. The highest BCUT2D eigenvalue weighted by Crippen LogP contribution is 2.27. The predicted molar refractivity (Wildman–Crippen MR) is 95.8 cm³/mol. The molecule has 0 saturated carbocycles. The van der Waals surface area contributed by atoms with Crippen molar-refractivity contribution in [1.29, 1.82) is 0 Å². The molecular formula is C20H18N4. The molecule has 4 heteroatoms. The second-order valence-electron chi connectivity index (χ2n) is 6.04. The average Bonchev–Trinajstić information content (AvgIpc) is 2.95. The van der Waals surface area contributed by atoms with Crippen molar-refractivity contribution in [3.8, 4) is 11.4 Å². The Hall–Kier alpha value is -3.01. The van der Waals surface area contributed by atoms with Crippen molar-refractivity contribution in [2.45, 2.75) is 20.4 Å². The molecule has 0 aliphatic carbocycles. The Bertz CT molecular complexity index is 989. The summed E-state index contributed by atoms with van der Waals surface area (Å²) in [6.07, 6.45) is 7.27. The van der Waals surface area contributed by atoms with Gasteiger partial charge in [0.1, 0.15) is 5.82 Å². The maximum absolute atomic E-state index is 4.90. The fraction of sp³-hybridized carbons (Fsp3) is 0.150. The number of benzene rings is 1. The zero-order valence-electron chi connectivity index (χ0n) is 13.8. The Morgan fingerprint density at radius 1 is 0.833 bits per heavy atom. The van der Waals surface area contributed by atoms with E-state index in [4.69, 9.17) is 4.98 Å². The number of imidazole rings is 1. The monoisotopic (exact) mass is 314 g/mol. The van der Waals surface area contributed by atoms with E-state index in [1.165, 1.54) is 16.7 Å².